The normalized spacial score (nSPS) is 12.9. The van der Waals surface area contributed by atoms with Crippen LogP contribution < -0.4 is 16.0 Å². The van der Waals surface area contributed by atoms with Crippen molar-refractivity contribution in [3.63, 3.8) is 0 Å². The number of halogens is 4. The Bertz CT molecular complexity index is 879. The molecule has 28 heavy (non-hydrogen) atoms. The molecule has 0 saturated heterocycles. The molecule has 2 rings (SSSR count). The van der Waals surface area contributed by atoms with E-state index in [2.05, 4.69) is 10.6 Å². The van der Waals surface area contributed by atoms with Crippen LogP contribution in [0.15, 0.2) is 36.4 Å². The molecule has 0 aromatic heterocycles. The van der Waals surface area contributed by atoms with Crippen LogP contribution in [0.3, 0.4) is 0 Å². The molecule has 0 radical (unpaired) electrons. The lowest BCUT2D eigenvalue weighted by Gasteiger charge is -2.17. The predicted octanol–water partition coefficient (Wildman–Crippen LogP) is 2.53. The summed E-state index contributed by atoms with van der Waals surface area (Å²) in [4.78, 5) is 24.0. The second-order valence-corrected chi connectivity index (χ2v) is 6.69. The third-order valence-corrected chi connectivity index (χ3v) is 4.46. The smallest absolute Gasteiger partial charge is 0.278 e. The van der Waals surface area contributed by atoms with E-state index < -0.39 is 47.5 Å². The summed E-state index contributed by atoms with van der Waals surface area (Å²) in [5, 5.41) is 6.87. The largest absolute Gasteiger partial charge is 0.342 e. The van der Waals surface area contributed by atoms with Gasteiger partial charge >= 0.3 is 0 Å². The molecule has 2 atom stereocenters. The molecule has 0 spiro atoms. The zero-order valence-corrected chi connectivity index (χ0v) is 16.0. The van der Waals surface area contributed by atoms with E-state index in [-0.39, 0.29) is 6.04 Å². The molecule has 2 aromatic carbocycles. The minimum Gasteiger partial charge on any atom is -0.342 e. The molecule has 4 N–H and O–H groups in total. The minimum atomic E-state index is -1.68. The van der Waals surface area contributed by atoms with Gasteiger partial charge < -0.3 is 16.0 Å². The van der Waals surface area contributed by atoms with Gasteiger partial charge in [0.2, 0.25) is 5.91 Å². The van der Waals surface area contributed by atoms with E-state index in [0.717, 1.165) is 11.6 Å². The van der Waals surface area contributed by atoms with Crippen molar-refractivity contribution in [1.82, 2.24) is 5.32 Å². The van der Waals surface area contributed by atoms with Crippen molar-refractivity contribution in [1.29, 1.82) is 0 Å². The lowest BCUT2D eigenvalue weighted by atomic mass is 10.1. The Hall–Kier alpha value is -2.58. The molecule has 0 aliphatic rings. The van der Waals surface area contributed by atoms with Gasteiger partial charge in [0.15, 0.2) is 23.5 Å². The molecule has 0 unspecified atom stereocenters. The lowest BCUT2D eigenvalue weighted by molar-refractivity contribution is -0.710. The summed E-state index contributed by atoms with van der Waals surface area (Å²) in [6, 6.07) is 8.24. The standard InChI is InChI=1S/C19H19ClF3N3O2/c1-10(12-5-3-4-6-13(12)20)25-11(2)19(28)24-9-16(27)26-15-8-7-14(21)17(22)18(15)23/h3-8,10-11,25H,9H2,1-2H3,(H,24,28)(H,26,27)/p+1/t10-,11-/m0/s1. The summed E-state index contributed by atoms with van der Waals surface area (Å²) >= 11 is 6.14. The summed E-state index contributed by atoms with van der Waals surface area (Å²) in [6.07, 6.45) is 0. The average molecular weight is 415 g/mol. The van der Waals surface area contributed by atoms with E-state index >= 15 is 0 Å². The fraction of sp³-hybridized carbons (Fsp3) is 0.263. The Labute approximate surface area is 165 Å². The maximum absolute atomic E-state index is 13.6. The van der Waals surface area contributed by atoms with Gasteiger partial charge in [-0.1, -0.05) is 29.8 Å². The molecule has 9 heteroatoms. The van der Waals surface area contributed by atoms with Crippen molar-refractivity contribution in [2.45, 2.75) is 25.9 Å². The van der Waals surface area contributed by atoms with Gasteiger partial charge in [0, 0.05) is 10.6 Å². The van der Waals surface area contributed by atoms with E-state index in [1.54, 1.807) is 18.3 Å². The first-order valence-electron chi connectivity index (χ1n) is 8.51. The Morgan fingerprint density at radius 2 is 1.75 bits per heavy atom. The highest BCUT2D eigenvalue weighted by Gasteiger charge is 2.22. The molecule has 2 aromatic rings. The number of benzene rings is 2. The number of carbonyl (C=O) groups excluding carboxylic acids is 2. The number of hydrogen-bond acceptors (Lipinski definition) is 2. The zero-order valence-electron chi connectivity index (χ0n) is 15.2. The Balaban J connectivity index is 1.86. The molecule has 0 fully saturated rings. The number of rotatable bonds is 7. The van der Waals surface area contributed by atoms with E-state index in [0.29, 0.717) is 11.1 Å². The average Bonchev–Trinajstić information content (AvgIpc) is 2.66. The van der Waals surface area contributed by atoms with Crippen LogP contribution in [0.2, 0.25) is 5.02 Å². The maximum atomic E-state index is 13.6. The van der Waals surface area contributed by atoms with Gasteiger partial charge in [-0.05, 0) is 32.0 Å². The highest BCUT2D eigenvalue weighted by molar-refractivity contribution is 6.31. The van der Waals surface area contributed by atoms with Crippen molar-refractivity contribution < 1.29 is 28.1 Å². The number of nitrogens with one attached hydrogen (secondary N) is 2. The summed E-state index contributed by atoms with van der Waals surface area (Å²) < 4.78 is 39.6. The first-order chi connectivity index (χ1) is 13.2. The topological polar surface area (TPSA) is 74.8 Å². The van der Waals surface area contributed by atoms with Gasteiger partial charge in [-0.15, -0.1) is 0 Å². The van der Waals surface area contributed by atoms with E-state index in [1.165, 1.54) is 0 Å². The van der Waals surface area contributed by atoms with Gasteiger partial charge in [-0.2, -0.15) is 0 Å². The quantitative estimate of drug-likeness (QED) is 0.609. The van der Waals surface area contributed by atoms with Gasteiger partial charge in [0.1, 0.15) is 6.04 Å². The molecule has 0 heterocycles. The Morgan fingerprint density at radius 1 is 1.07 bits per heavy atom. The molecule has 0 bridgehead atoms. The van der Waals surface area contributed by atoms with Crippen molar-refractivity contribution in [3.8, 4) is 0 Å². The summed E-state index contributed by atoms with van der Waals surface area (Å²) in [5.74, 6) is -5.74. The second kappa shape index (κ2) is 9.57. The minimum absolute atomic E-state index is 0.0976. The van der Waals surface area contributed by atoms with Gasteiger partial charge in [-0.25, -0.2) is 13.2 Å². The van der Waals surface area contributed by atoms with E-state index in [4.69, 9.17) is 11.6 Å². The number of amides is 2. The number of nitrogens with two attached hydrogens (primary N) is 1. The molecule has 2 amide bonds. The van der Waals surface area contributed by atoms with Gasteiger partial charge in [0.05, 0.1) is 12.2 Å². The third kappa shape index (κ3) is 5.46. The van der Waals surface area contributed by atoms with Crippen LogP contribution in [-0.4, -0.2) is 24.4 Å². The molecular formula is C19H20ClF3N3O2+. The molecule has 0 aliphatic carbocycles. The second-order valence-electron chi connectivity index (χ2n) is 6.28. The van der Waals surface area contributed by atoms with Gasteiger partial charge in [-0.3, -0.25) is 9.59 Å². The number of hydrogen-bond donors (Lipinski definition) is 3. The lowest BCUT2D eigenvalue weighted by Crippen LogP contribution is -2.92. The SMILES string of the molecule is C[C@H]([NH2+][C@@H](C)c1ccccc1Cl)C(=O)NCC(=O)Nc1ccc(F)c(F)c1F. The van der Waals surface area contributed by atoms with Crippen LogP contribution in [0.1, 0.15) is 25.5 Å². The third-order valence-electron chi connectivity index (χ3n) is 4.12. The van der Waals surface area contributed by atoms with E-state index in [1.807, 2.05) is 25.1 Å². The summed E-state index contributed by atoms with van der Waals surface area (Å²) in [7, 11) is 0. The fourth-order valence-electron chi connectivity index (χ4n) is 2.61. The number of quaternary nitrogens is 1. The molecular weight excluding hydrogens is 395 g/mol. The number of carbonyl (C=O) groups is 2. The zero-order chi connectivity index (χ0) is 20.8. The highest BCUT2D eigenvalue weighted by atomic mass is 35.5. The van der Waals surface area contributed by atoms with Crippen molar-refractivity contribution in [2.24, 2.45) is 0 Å². The molecule has 0 saturated carbocycles. The molecule has 150 valence electrons. The van der Waals surface area contributed by atoms with E-state index in [9.17, 15) is 22.8 Å². The Morgan fingerprint density at radius 3 is 2.43 bits per heavy atom. The van der Waals surface area contributed by atoms with Crippen molar-refractivity contribution >= 4 is 29.1 Å². The fourth-order valence-corrected chi connectivity index (χ4v) is 2.92. The van der Waals surface area contributed by atoms with Crippen LogP contribution in [-0.2, 0) is 9.59 Å². The summed E-state index contributed by atoms with van der Waals surface area (Å²) in [5.41, 5.74) is 0.362. The van der Waals surface area contributed by atoms with Crippen molar-refractivity contribution in [3.05, 3.63) is 64.4 Å². The van der Waals surface area contributed by atoms with Crippen LogP contribution >= 0.6 is 11.6 Å². The number of anilines is 1. The Kier molecular flexibility index (Phi) is 7.42. The monoisotopic (exact) mass is 414 g/mol. The maximum Gasteiger partial charge on any atom is 0.278 e. The summed E-state index contributed by atoms with van der Waals surface area (Å²) in [6.45, 7) is 3.11. The van der Waals surface area contributed by atoms with Crippen LogP contribution in [0, 0.1) is 17.5 Å². The van der Waals surface area contributed by atoms with Crippen molar-refractivity contribution in [2.75, 3.05) is 11.9 Å². The first-order valence-corrected chi connectivity index (χ1v) is 8.89. The van der Waals surface area contributed by atoms with Crippen LogP contribution in [0.25, 0.3) is 0 Å². The van der Waals surface area contributed by atoms with Crippen LogP contribution in [0.5, 0.6) is 0 Å². The van der Waals surface area contributed by atoms with Gasteiger partial charge in [0.25, 0.3) is 5.91 Å². The van der Waals surface area contributed by atoms with Crippen LogP contribution in [0.4, 0.5) is 18.9 Å². The first kappa shape index (κ1) is 21.7. The predicted molar refractivity (Wildman–Crippen MR) is 99.2 cm³/mol. The molecule has 5 nitrogen and oxygen atoms in total. The highest BCUT2D eigenvalue weighted by Crippen LogP contribution is 2.20. The molecule has 0 aliphatic heterocycles.